The number of nitrogens with one attached hydrogen (secondary N) is 2. The minimum atomic E-state index is -2.58. The van der Waals surface area contributed by atoms with Crippen molar-refractivity contribution in [3.8, 4) is 0 Å². The summed E-state index contributed by atoms with van der Waals surface area (Å²) in [5.74, 6) is 2.49. The molecule has 0 spiro atoms. The zero-order valence-corrected chi connectivity index (χ0v) is 14.8. The molecule has 0 saturated heterocycles. The average Bonchev–Trinajstić information content (AvgIpc) is 3.02. The Kier molecular flexibility index (Phi) is 6.99. The van der Waals surface area contributed by atoms with Gasteiger partial charge in [0.05, 0.1) is 0 Å². The van der Waals surface area contributed by atoms with Gasteiger partial charge in [-0.25, -0.2) is 9.98 Å². The molecule has 0 radical (unpaired) electrons. The van der Waals surface area contributed by atoms with E-state index >= 15 is 0 Å². The van der Waals surface area contributed by atoms with Crippen LogP contribution in [0.5, 0.6) is 0 Å². The molecule has 0 bridgehead atoms. The molecule has 1 aromatic heterocycles. The van der Waals surface area contributed by atoms with Crippen molar-refractivity contribution in [3.05, 3.63) is 18.2 Å². The molecule has 1 saturated carbocycles. The van der Waals surface area contributed by atoms with Gasteiger partial charge in [-0.05, 0) is 44.4 Å². The molecule has 1 heterocycles. The van der Waals surface area contributed by atoms with E-state index in [0.29, 0.717) is 12.0 Å². The van der Waals surface area contributed by atoms with E-state index in [-0.39, 0.29) is 12.4 Å². The molecule has 0 atom stereocenters. The van der Waals surface area contributed by atoms with Crippen molar-refractivity contribution in [2.75, 3.05) is 6.54 Å². The monoisotopic (exact) mass is 341 g/mol. The SMILES string of the molecule is CCNC(=NCc1nccn1C(F)F)NC1CCC(C(C)C)CC1. The first-order valence-electron chi connectivity index (χ1n) is 8.86. The summed E-state index contributed by atoms with van der Waals surface area (Å²) in [7, 11) is 0. The third-order valence-electron chi connectivity index (χ3n) is 4.74. The van der Waals surface area contributed by atoms with Crippen LogP contribution in [0.1, 0.15) is 58.8 Å². The number of alkyl halides is 2. The molecular weight excluding hydrogens is 312 g/mol. The van der Waals surface area contributed by atoms with Crippen LogP contribution >= 0.6 is 0 Å². The maximum atomic E-state index is 12.9. The van der Waals surface area contributed by atoms with Crippen LogP contribution in [0.4, 0.5) is 8.78 Å². The number of aromatic nitrogens is 2. The second-order valence-corrected chi connectivity index (χ2v) is 6.72. The van der Waals surface area contributed by atoms with Crippen LogP contribution in [-0.4, -0.2) is 28.1 Å². The van der Waals surface area contributed by atoms with Crippen molar-refractivity contribution in [1.29, 1.82) is 0 Å². The Hall–Kier alpha value is -1.66. The van der Waals surface area contributed by atoms with Crippen molar-refractivity contribution in [2.45, 2.75) is 65.6 Å². The molecule has 1 fully saturated rings. The maximum Gasteiger partial charge on any atom is 0.319 e. The first-order valence-corrected chi connectivity index (χ1v) is 8.86. The number of hydrogen-bond acceptors (Lipinski definition) is 2. The van der Waals surface area contributed by atoms with E-state index in [2.05, 4.69) is 34.5 Å². The van der Waals surface area contributed by atoms with E-state index in [9.17, 15) is 8.78 Å². The lowest BCUT2D eigenvalue weighted by atomic mass is 9.80. The number of guanidine groups is 1. The highest BCUT2D eigenvalue weighted by molar-refractivity contribution is 5.80. The summed E-state index contributed by atoms with van der Waals surface area (Å²) in [6, 6.07) is 0.396. The fraction of sp³-hybridized carbons (Fsp3) is 0.765. The van der Waals surface area contributed by atoms with Gasteiger partial charge >= 0.3 is 6.55 Å². The highest BCUT2D eigenvalue weighted by atomic mass is 19.3. The third-order valence-corrected chi connectivity index (χ3v) is 4.74. The minimum absolute atomic E-state index is 0.133. The lowest BCUT2D eigenvalue weighted by Gasteiger charge is -2.32. The summed E-state index contributed by atoms with van der Waals surface area (Å²) in [5, 5.41) is 6.63. The van der Waals surface area contributed by atoms with Crippen LogP contribution in [-0.2, 0) is 6.54 Å². The number of imidazole rings is 1. The van der Waals surface area contributed by atoms with Gasteiger partial charge in [-0.15, -0.1) is 0 Å². The van der Waals surface area contributed by atoms with Gasteiger partial charge in [0.1, 0.15) is 12.4 Å². The van der Waals surface area contributed by atoms with E-state index < -0.39 is 6.55 Å². The highest BCUT2D eigenvalue weighted by Gasteiger charge is 2.23. The minimum Gasteiger partial charge on any atom is -0.357 e. The number of rotatable bonds is 6. The Morgan fingerprint density at radius 3 is 2.62 bits per heavy atom. The number of halogens is 2. The smallest absolute Gasteiger partial charge is 0.319 e. The second-order valence-electron chi connectivity index (χ2n) is 6.72. The van der Waals surface area contributed by atoms with E-state index in [1.165, 1.54) is 25.2 Å². The van der Waals surface area contributed by atoms with Crippen molar-refractivity contribution in [1.82, 2.24) is 20.2 Å². The van der Waals surface area contributed by atoms with E-state index in [0.717, 1.165) is 35.8 Å². The maximum absolute atomic E-state index is 12.9. The molecule has 136 valence electrons. The van der Waals surface area contributed by atoms with Crippen LogP contribution in [0, 0.1) is 11.8 Å². The van der Waals surface area contributed by atoms with Crippen molar-refractivity contribution >= 4 is 5.96 Å². The van der Waals surface area contributed by atoms with Crippen LogP contribution in [0.25, 0.3) is 0 Å². The Labute approximate surface area is 142 Å². The Bertz CT molecular complexity index is 519. The van der Waals surface area contributed by atoms with Crippen molar-refractivity contribution in [3.63, 3.8) is 0 Å². The van der Waals surface area contributed by atoms with E-state index in [1.807, 2.05) is 6.92 Å². The summed E-state index contributed by atoms with van der Waals surface area (Å²) in [4.78, 5) is 8.39. The van der Waals surface area contributed by atoms with Gasteiger partial charge in [0.25, 0.3) is 0 Å². The first-order chi connectivity index (χ1) is 11.5. The third kappa shape index (κ3) is 5.18. The quantitative estimate of drug-likeness (QED) is 0.614. The van der Waals surface area contributed by atoms with Gasteiger partial charge < -0.3 is 10.6 Å². The first kappa shape index (κ1) is 18.7. The van der Waals surface area contributed by atoms with Gasteiger partial charge in [-0.3, -0.25) is 4.57 Å². The Balaban J connectivity index is 1.93. The van der Waals surface area contributed by atoms with Crippen molar-refractivity contribution < 1.29 is 8.78 Å². The highest BCUT2D eigenvalue weighted by Crippen LogP contribution is 2.29. The number of aliphatic imine (C=N–C) groups is 1. The van der Waals surface area contributed by atoms with Gasteiger partial charge in [-0.1, -0.05) is 13.8 Å². The Morgan fingerprint density at radius 2 is 2.04 bits per heavy atom. The molecule has 2 rings (SSSR count). The number of nitrogens with zero attached hydrogens (tertiary/aromatic N) is 3. The molecule has 24 heavy (non-hydrogen) atoms. The summed E-state index contributed by atoms with van der Waals surface area (Å²) in [5.41, 5.74) is 0. The standard InChI is InChI=1S/C17H29F2N5/c1-4-20-17(22-11-15-21-9-10-24(15)16(18)19)23-14-7-5-13(6-8-14)12(2)3/h9-10,12-14,16H,4-8,11H2,1-3H3,(H2,20,22,23). The molecule has 2 N–H and O–H groups in total. The van der Waals surface area contributed by atoms with Crippen molar-refractivity contribution in [2.24, 2.45) is 16.8 Å². The Morgan fingerprint density at radius 1 is 1.33 bits per heavy atom. The van der Waals surface area contributed by atoms with Gasteiger partial charge in [-0.2, -0.15) is 8.78 Å². The molecule has 7 heteroatoms. The van der Waals surface area contributed by atoms with Crippen LogP contribution in [0.2, 0.25) is 0 Å². The van der Waals surface area contributed by atoms with Gasteiger partial charge in [0.15, 0.2) is 5.96 Å². The lowest BCUT2D eigenvalue weighted by molar-refractivity contribution is 0.0671. The molecule has 0 unspecified atom stereocenters. The summed E-state index contributed by atoms with van der Waals surface area (Å²) in [6.07, 6.45) is 7.36. The van der Waals surface area contributed by atoms with E-state index in [1.54, 1.807) is 0 Å². The van der Waals surface area contributed by atoms with Gasteiger partial charge in [0, 0.05) is 25.0 Å². The average molecular weight is 341 g/mol. The normalized spacial score (nSPS) is 22.2. The molecule has 0 aromatic carbocycles. The fourth-order valence-corrected chi connectivity index (χ4v) is 3.24. The number of hydrogen-bond donors (Lipinski definition) is 2. The fourth-order valence-electron chi connectivity index (χ4n) is 3.24. The topological polar surface area (TPSA) is 54.2 Å². The summed E-state index contributed by atoms with van der Waals surface area (Å²) >= 11 is 0. The van der Waals surface area contributed by atoms with Crippen LogP contribution in [0.15, 0.2) is 17.4 Å². The predicted octanol–water partition coefficient (Wildman–Crippen LogP) is 3.55. The molecule has 1 aromatic rings. The molecule has 0 aliphatic heterocycles. The zero-order chi connectivity index (χ0) is 17.5. The van der Waals surface area contributed by atoms with Crippen LogP contribution in [0.3, 0.4) is 0 Å². The summed E-state index contributed by atoms with van der Waals surface area (Å²) < 4.78 is 26.6. The largest absolute Gasteiger partial charge is 0.357 e. The molecule has 0 amide bonds. The molecule has 5 nitrogen and oxygen atoms in total. The molecular formula is C17H29F2N5. The lowest BCUT2D eigenvalue weighted by Crippen LogP contribution is -2.45. The molecule has 1 aliphatic rings. The second kappa shape index (κ2) is 8.99. The van der Waals surface area contributed by atoms with E-state index in [4.69, 9.17) is 0 Å². The summed E-state index contributed by atoms with van der Waals surface area (Å²) in [6.45, 7) is 4.85. The predicted molar refractivity (Wildman–Crippen MR) is 92.0 cm³/mol. The van der Waals surface area contributed by atoms with Crippen LogP contribution < -0.4 is 10.6 Å². The van der Waals surface area contributed by atoms with Gasteiger partial charge in [0.2, 0.25) is 0 Å². The molecule has 1 aliphatic carbocycles. The zero-order valence-electron chi connectivity index (χ0n) is 14.8.